The molecule has 1 N–H and O–H groups in total. The Kier molecular flexibility index (Phi) is 4.03. The van der Waals surface area contributed by atoms with Gasteiger partial charge in [-0.15, -0.1) is 0 Å². The van der Waals surface area contributed by atoms with E-state index in [0.29, 0.717) is 18.0 Å². The molecule has 0 spiro atoms. The molecular formula is C16H28N4. The summed E-state index contributed by atoms with van der Waals surface area (Å²) in [6, 6.07) is 3.84. The van der Waals surface area contributed by atoms with Crippen molar-refractivity contribution in [1.82, 2.24) is 15.1 Å². The van der Waals surface area contributed by atoms with Crippen LogP contribution in [0.5, 0.6) is 0 Å². The minimum atomic E-state index is -0.279. The standard InChI is InChI=1S/C16H28N4/c1-13-10-19(2)8-3-9-20(13)12-16(11-17,14-4-5-14)18-15-6-7-15/h13-15,18H,3-10,12H2,1-2H3. The van der Waals surface area contributed by atoms with Gasteiger partial charge in [0.2, 0.25) is 0 Å². The minimum absolute atomic E-state index is 0.279. The highest BCUT2D eigenvalue weighted by atomic mass is 15.3. The van der Waals surface area contributed by atoms with Crippen LogP contribution in [0, 0.1) is 17.2 Å². The van der Waals surface area contributed by atoms with Crippen molar-refractivity contribution in [3.63, 3.8) is 0 Å². The molecule has 0 amide bonds. The van der Waals surface area contributed by atoms with Gasteiger partial charge in [-0.3, -0.25) is 10.2 Å². The van der Waals surface area contributed by atoms with E-state index >= 15 is 0 Å². The zero-order valence-electron chi connectivity index (χ0n) is 12.9. The van der Waals surface area contributed by atoms with Crippen LogP contribution in [0.25, 0.3) is 0 Å². The molecule has 3 aliphatic rings. The van der Waals surface area contributed by atoms with Crippen molar-refractivity contribution in [2.24, 2.45) is 5.92 Å². The molecule has 2 saturated carbocycles. The molecule has 2 atom stereocenters. The second-order valence-electron chi connectivity index (χ2n) is 7.21. The summed E-state index contributed by atoms with van der Waals surface area (Å²) in [4.78, 5) is 4.98. The van der Waals surface area contributed by atoms with Gasteiger partial charge in [-0.2, -0.15) is 5.26 Å². The lowest BCUT2D eigenvalue weighted by Crippen LogP contribution is -2.57. The fourth-order valence-electron chi connectivity index (χ4n) is 3.60. The van der Waals surface area contributed by atoms with E-state index in [9.17, 15) is 5.26 Å². The van der Waals surface area contributed by atoms with Gasteiger partial charge in [-0.25, -0.2) is 0 Å². The SMILES string of the molecule is CC1CN(C)CCCN1CC(C#N)(NC1CC1)C1CC1. The molecule has 0 radical (unpaired) electrons. The zero-order valence-corrected chi connectivity index (χ0v) is 12.9. The molecule has 2 aliphatic carbocycles. The predicted molar refractivity (Wildman–Crippen MR) is 80.4 cm³/mol. The smallest absolute Gasteiger partial charge is 0.122 e. The van der Waals surface area contributed by atoms with E-state index in [1.165, 1.54) is 38.6 Å². The number of nitrogens with one attached hydrogen (secondary N) is 1. The van der Waals surface area contributed by atoms with Gasteiger partial charge in [0.05, 0.1) is 6.07 Å². The van der Waals surface area contributed by atoms with E-state index in [1.54, 1.807) is 0 Å². The van der Waals surface area contributed by atoms with Crippen molar-refractivity contribution in [1.29, 1.82) is 5.26 Å². The maximum atomic E-state index is 9.85. The molecule has 1 saturated heterocycles. The van der Waals surface area contributed by atoms with E-state index in [4.69, 9.17) is 0 Å². The maximum Gasteiger partial charge on any atom is 0.122 e. The van der Waals surface area contributed by atoms with Crippen LogP contribution in [0.2, 0.25) is 0 Å². The Morgan fingerprint density at radius 2 is 2.00 bits per heavy atom. The van der Waals surface area contributed by atoms with E-state index in [1.807, 2.05) is 0 Å². The summed E-state index contributed by atoms with van der Waals surface area (Å²) in [7, 11) is 2.21. The fourth-order valence-corrected chi connectivity index (χ4v) is 3.60. The first-order valence-electron chi connectivity index (χ1n) is 8.24. The van der Waals surface area contributed by atoms with Crippen LogP contribution >= 0.6 is 0 Å². The third-order valence-electron chi connectivity index (χ3n) is 5.15. The number of nitrogens with zero attached hydrogens (tertiary/aromatic N) is 3. The highest BCUT2D eigenvalue weighted by molar-refractivity contribution is 5.19. The first-order valence-corrected chi connectivity index (χ1v) is 8.24. The molecule has 3 fully saturated rings. The van der Waals surface area contributed by atoms with Crippen molar-refractivity contribution in [3.8, 4) is 6.07 Å². The van der Waals surface area contributed by atoms with Gasteiger partial charge in [-0.05, 0) is 65.1 Å². The second kappa shape index (κ2) is 5.63. The summed E-state index contributed by atoms with van der Waals surface area (Å²) in [5, 5.41) is 13.6. The Morgan fingerprint density at radius 3 is 2.60 bits per heavy atom. The summed E-state index contributed by atoms with van der Waals surface area (Å²) in [5.41, 5.74) is -0.279. The molecule has 20 heavy (non-hydrogen) atoms. The molecule has 4 heteroatoms. The molecule has 1 aliphatic heterocycles. The van der Waals surface area contributed by atoms with Crippen LogP contribution in [0.1, 0.15) is 39.0 Å². The topological polar surface area (TPSA) is 42.3 Å². The Bertz CT molecular complexity index is 382. The van der Waals surface area contributed by atoms with Crippen LogP contribution in [0.3, 0.4) is 0 Å². The van der Waals surface area contributed by atoms with Crippen LogP contribution in [-0.4, -0.2) is 60.6 Å². The average molecular weight is 276 g/mol. The minimum Gasteiger partial charge on any atom is -0.305 e. The summed E-state index contributed by atoms with van der Waals surface area (Å²) >= 11 is 0. The molecule has 0 bridgehead atoms. The Morgan fingerprint density at radius 1 is 1.25 bits per heavy atom. The van der Waals surface area contributed by atoms with Crippen molar-refractivity contribution in [3.05, 3.63) is 0 Å². The number of rotatable bonds is 5. The van der Waals surface area contributed by atoms with Crippen molar-refractivity contribution >= 4 is 0 Å². The van der Waals surface area contributed by atoms with Gasteiger partial charge >= 0.3 is 0 Å². The average Bonchev–Trinajstić information content (AvgIpc) is 3.26. The normalized spacial score (nSPS) is 32.4. The van der Waals surface area contributed by atoms with Gasteiger partial charge in [0.25, 0.3) is 0 Å². The van der Waals surface area contributed by atoms with E-state index in [0.717, 1.165) is 19.6 Å². The fraction of sp³-hybridized carbons (Fsp3) is 0.938. The van der Waals surface area contributed by atoms with Gasteiger partial charge in [0.1, 0.15) is 5.54 Å². The van der Waals surface area contributed by atoms with Crippen LogP contribution in [0.4, 0.5) is 0 Å². The number of hydrogen-bond acceptors (Lipinski definition) is 4. The highest BCUT2D eigenvalue weighted by Gasteiger charge is 2.49. The Labute approximate surface area is 123 Å². The van der Waals surface area contributed by atoms with Crippen molar-refractivity contribution in [2.45, 2.75) is 56.7 Å². The quantitative estimate of drug-likeness (QED) is 0.825. The number of nitriles is 1. The van der Waals surface area contributed by atoms with Crippen LogP contribution in [0.15, 0.2) is 0 Å². The maximum absolute atomic E-state index is 9.85. The Hall–Kier alpha value is -0.630. The molecule has 112 valence electrons. The third kappa shape index (κ3) is 3.16. The van der Waals surface area contributed by atoms with E-state index < -0.39 is 0 Å². The van der Waals surface area contributed by atoms with Crippen LogP contribution in [-0.2, 0) is 0 Å². The van der Waals surface area contributed by atoms with Crippen LogP contribution < -0.4 is 5.32 Å². The van der Waals surface area contributed by atoms with Gasteiger partial charge in [-0.1, -0.05) is 0 Å². The molecule has 1 heterocycles. The lowest BCUT2D eigenvalue weighted by Gasteiger charge is -2.37. The monoisotopic (exact) mass is 276 g/mol. The number of likely N-dealkylation sites (N-methyl/N-ethyl adjacent to an activating group) is 1. The molecule has 2 unspecified atom stereocenters. The Balaban J connectivity index is 1.69. The van der Waals surface area contributed by atoms with Gasteiger partial charge in [0, 0.05) is 25.2 Å². The lowest BCUT2D eigenvalue weighted by molar-refractivity contribution is 0.150. The largest absolute Gasteiger partial charge is 0.305 e. The predicted octanol–water partition coefficient (Wildman–Crippen LogP) is 1.44. The van der Waals surface area contributed by atoms with Gasteiger partial charge < -0.3 is 4.90 Å². The zero-order chi connectivity index (χ0) is 14.2. The molecular weight excluding hydrogens is 248 g/mol. The van der Waals surface area contributed by atoms with Crippen molar-refractivity contribution in [2.75, 3.05) is 33.2 Å². The second-order valence-corrected chi connectivity index (χ2v) is 7.21. The van der Waals surface area contributed by atoms with E-state index in [2.05, 4.69) is 35.2 Å². The molecule has 4 nitrogen and oxygen atoms in total. The van der Waals surface area contributed by atoms with Gasteiger partial charge in [0.15, 0.2) is 0 Å². The summed E-state index contributed by atoms with van der Waals surface area (Å²) < 4.78 is 0. The summed E-state index contributed by atoms with van der Waals surface area (Å²) in [6.45, 7) is 6.66. The molecule has 0 aromatic carbocycles. The highest BCUT2D eigenvalue weighted by Crippen LogP contribution is 2.42. The lowest BCUT2D eigenvalue weighted by atomic mass is 9.93. The third-order valence-corrected chi connectivity index (χ3v) is 5.15. The molecule has 0 aromatic heterocycles. The molecule has 0 aromatic rings. The van der Waals surface area contributed by atoms with Crippen molar-refractivity contribution < 1.29 is 0 Å². The number of hydrogen-bond donors (Lipinski definition) is 1. The van der Waals surface area contributed by atoms with E-state index in [-0.39, 0.29) is 5.54 Å². The first kappa shape index (κ1) is 14.3. The first-order chi connectivity index (χ1) is 9.63. The summed E-state index contributed by atoms with van der Waals surface area (Å²) in [5.74, 6) is 0.585. The summed E-state index contributed by atoms with van der Waals surface area (Å²) in [6.07, 6.45) is 6.20. The molecule has 3 rings (SSSR count).